The number of ether oxygens (including phenoxy) is 2. The van der Waals surface area contributed by atoms with Gasteiger partial charge in [-0.25, -0.2) is 0 Å². The van der Waals surface area contributed by atoms with Crippen molar-refractivity contribution in [2.75, 3.05) is 19.8 Å². The molecule has 2 aliphatic rings. The molecule has 2 aromatic carbocycles. The Balaban J connectivity index is 1.30. The summed E-state index contributed by atoms with van der Waals surface area (Å²) in [5, 5.41) is 3.17. The lowest BCUT2D eigenvalue weighted by atomic mass is 9.64. The predicted octanol–water partition coefficient (Wildman–Crippen LogP) is 4.02. The number of hydrogen-bond acceptors (Lipinski definition) is 3. The van der Waals surface area contributed by atoms with Gasteiger partial charge in [-0.1, -0.05) is 42.8 Å². The predicted molar refractivity (Wildman–Crippen MR) is 105 cm³/mol. The molecule has 1 saturated carbocycles. The van der Waals surface area contributed by atoms with Crippen LogP contribution in [0.15, 0.2) is 48.5 Å². The van der Waals surface area contributed by atoms with Crippen LogP contribution < -0.4 is 14.8 Å². The Kier molecular flexibility index (Phi) is 5.33. The van der Waals surface area contributed by atoms with Crippen LogP contribution in [0.2, 0.25) is 0 Å². The fourth-order valence-corrected chi connectivity index (χ4v) is 3.94. The molecule has 0 unspecified atom stereocenters. The van der Waals surface area contributed by atoms with Gasteiger partial charge in [0.15, 0.2) is 11.5 Å². The summed E-state index contributed by atoms with van der Waals surface area (Å²) >= 11 is 0. The van der Waals surface area contributed by atoms with Crippen LogP contribution in [-0.2, 0) is 16.6 Å². The van der Waals surface area contributed by atoms with Crippen LogP contribution in [-0.4, -0.2) is 25.7 Å². The molecule has 27 heavy (non-hydrogen) atoms. The molecule has 1 amide bonds. The van der Waals surface area contributed by atoms with Crippen LogP contribution in [0.3, 0.4) is 0 Å². The van der Waals surface area contributed by atoms with Crippen molar-refractivity contribution >= 4 is 5.91 Å². The number of benzene rings is 2. The fraction of sp³-hybridized carbons (Fsp3) is 0.435. The molecular weight excluding hydrogens is 338 g/mol. The maximum absolute atomic E-state index is 12.4. The van der Waals surface area contributed by atoms with E-state index in [-0.39, 0.29) is 11.3 Å². The molecule has 1 N–H and O–H groups in total. The van der Waals surface area contributed by atoms with Crippen molar-refractivity contribution in [1.29, 1.82) is 0 Å². The molecule has 4 nitrogen and oxygen atoms in total. The second kappa shape index (κ2) is 8.03. The summed E-state index contributed by atoms with van der Waals surface area (Å²) in [5.74, 6) is 1.71. The van der Waals surface area contributed by atoms with Gasteiger partial charge in [-0.15, -0.1) is 0 Å². The summed E-state index contributed by atoms with van der Waals surface area (Å²) in [7, 11) is 0. The van der Waals surface area contributed by atoms with E-state index in [0.717, 1.165) is 42.9 Å². The monoisotopic (exact) mass is 365 g/mol. The SMILES string of the molecule is O=C(CCc1ccc2c(c1)OCCCO2)NCC1(c2ccccc2)CCC1. The number of carbonyl (C=O) groups excluding carboxylic acids is 1. The maximum atomic E-state index is 12.4. The molecule has 0 bridgehead atoms. The molecule has 1 aliphatic carbocycles. The average Bonchev–Trinajstić information content (AvgIpc) is 2.91. The average molecular weight is 365 g/mol. The third-order valence-corrected chi connectivity index (χ3v) is 5.77. The van der Waals surface area contributed by atoms with Crippen LogP contribution >= 0.6 is 0 Å². The van der Waals surface area contributed by atoms with E-state index in [2.05, 4.69) is 29.6 Å². The molecule has 1 aliphatic heterocycles. The Labute approximate surface area is 160 Å². The standard InChI is InChI=1S/C23H27NO3/c25-22(24-17-23(12-4-13-23)19-6-2-1-3-7-19)11-9-18-8-10-20-21(16-18)27-15-5-14-26-20/h1-3,6-8,10,16H,4-5,9,11-15,17H2,(H,24,25). The minimum absolute atomic E-state index is 0.115. The Hall–Kier alpha value is -2.49. The summed E-state index contributed by atoms with van der Waals surface area (Å²) in [6.45, 7) is 2.10. The summed E-state index contributed by atoms with van der Waals surface area (Å²) in [5.41, 5.74) is 2.59. The number of carbonyl (C=O) groups is 1. The number of rotatable bonds is 6. The highest BCUT2D eigenvalue weighted by atomic mass is 16.5. The largest absolute Gasteiger partial charge is 0.490 e. The van der Waals surface area contributed by atoms with E-state index in [1.54, 1.807) is 0 Å². The van der Waals surface area contributed by atoms with Crippen molar-refractivity contribution in [1.82, 2.24) is 5.32 Å². The molecule has 4 rings (SSSR count). The third-order valence-electron chi connectivity index (χ3n) is 5.77. The van der Waals surface area contributed by atoms with Crippen LogP contribution in [0.5, 0.6) is 11.5 Å². The van der Waals surface area contributed by atoms with Crippen LogP contribution in [0.4, 0.5) is 0 Å². The molecular formula is C23H27NO3. The molecule has 1 fully saturated rings. The second-order valence-corrected chi connectivity index (χ2v) is 7.61. The molecule has 0 atom stereocenters. The van der Waals surface area contributed by atoms with Crippen LogP contribution in [0.25, 0.3) is 0 Å². The van der Waals surface area contributed by atoms with Crippen molar-refractivity contribution in [3.05, 3.63) is 59.7 Å². The van der Waals surface area contributed by atoms with Crippen LogP contribution in [0.1, 0.15) is 43.2 Å². The van der Waals surface area contributed by atoms with Gasteiger partial charge in [0.1, 0.15) is 0 Å². The number of fused-ring (bicyclic) bond motifs is 1. The zero-order valence-corrected chi connectivity index (χ0v) is 15.7. The van der Waals surface area contributed by atoms with E-state index in [4.69, 9.17) is 9.47 Å². The van der Waals surface area contributed by atoms with E-state index in [1.165, 1.54) is 12.0 Å². The topological polar surface area (TPSA) is 47.6 Å². The summed E-state index contributed by atoms with van der Waals surface area (Å²) in [6.07, 6.45) is 5.64. The Morgan fingerprint density at radius 2 is 1.74 bits per heavy atom. The van der Waals surface area contributed by atoms with E-state index in [1.807, 2.05) is 24.3 Å². The number of aryl methyl sites for hydroxylation is 1. The zero-order valence-electron chi connectivity index (χ0n) is 15.7. The van der Waals surface area contributed by atoms with Gasteiger partial charge in [0.25, 0.3) is 0 Å². The van der Waals surface area contributed by atoms with Crippen molar-refractivity contribution in [2.45, 2.75) is 43.9 Å². The first-order valence-electron chi connectivity index (χ1n) is 9.96. The molecule has 142 valence electrons. The summed E-state index contributed by atoms with van der Waals surface area (Å²) < 4.78 is 11.4. The highest BCUT2D eigenvalue weighted by Crippen LogP contribution is 2.43. The van der Waals surface area contributed by atoms with Gasteiger partial charge in [-0.2, -0.15) is 0 Å². The molecule has 0 aromatic heterocycles. The van der Waals surface area contributed by atoms with Crippen molar-refractivity contribution in [3.63, 3.8) is 0 Å². The first-order chi connectivity index (χ1) is 13.3. The lowest BCUT2D eigenvalue weighted by molar-refractivity contribution is -0.121. The lowest BCUT2D eigenvalue weighted by Gasteiger charge is -2.42. The van der Waals surface area contributed by atoms with Crippen LogP contribution in [0, 0.1) is 0 Å². The van der Waals surface area contributed by atoms with Gasteiger partial charge in [0, 0.05) is 24.8 Å². The third kappa shape index (κ3) is 4.10. The van der Waals surface area contributed by atoms with Gasteiger partial charge in [-0.3, -0.25) is 4.79 Å². The van der Waals surface area contributed by atoms with Gasteiger partial charge in [-0.05, 0) is 42.5 Å². The molecule has 0 saturated heterocycles. The van der Waals surface area contributed by atoms with E-state index < -0.39 is 0 Å². The van der Waals surface area contributed by atoms with Gasteiger partial charge >= 0.3 is 0 Å². The highest BCUT2D eigenvalue weighted by molar-refractivity contribution is 5.76. The normalized spacial score (nSPS) is 17.5. The van der Waals surface area contributed by atoms with Gasteiger partial charge in [0.2, 0.25) is 5.91 Å². The smallest absolute Gasteiger partial charge is 0.220 e. The highest BCUT2D eigenvalue weighted by Gasteiger charge is 2.38. The summed E-state index contributed by atoms with van der Waals surface area (Å²) in [6, 6.07) is 16.6. The number of hydrogen-bond donors (Lipinski definition) is 1. The van der Waals surface area contributed by atoms with Gasteiger partial charge < -0.3 is 14.8 Å². The molecule has 0 spiro atoms. The minimum atomic E-state index is 0.115. The van der Waals surface area contributed by atoms with E-state index >= 15 is 0 Å². The fourth-order valence-electron chi connectivity index (χ4n) is 3.94. The second-order valence-electron chi connectivity index (χ2n) is 7.61. The molecule has 0 radical (unpaired) electrons. The molecule has 1 heterocycles. The van der Waals surface area contributed by atoms with Crippen molar-refractivity contribution < 1.29 is 14.3 Å². The van der Waals surface area contributed by atoms with Crippen molar-refractivity contribution in [3.8, 4) is 11.5 Å². The van der Waals surface area contributed by atoms with E-state index in [9.17, 15) is 4.79 Å². The Morgan fingerprint density at radius 1 is 0.963 bits per heavy atom. The molecule has 2 aromatic rings. The van der Waals surface area contributed by atoms with Crippen molar-refractivity contribution in [2.24, 2.45) is 0 Å². The number of nitrogens with one attached hydrogen (secondary N) is 1. The first kappa shape index (κ1) is 17.9. The Morgan fingerprint density at radius 3 is 2.48 bits per heavy atom. The minimum Gasteiger partial charge on any atom is -0.490 e. The lowest BCUT2D eigenvalue weighted by Crippen LogP contribution is -2.45. The van der Waals surface area contributed by atoms with E-state index in [0.29, 0.717) is 26.1 Å². The Bertz CT molecular complexity index is 783. The summed E-state index contributed by atoms with van der Waals surface area (Å²) in [4.78, 5) is 12.4. The number of amides is 1. The molecule has 4 heteroatoms. The zero-order chi connectivity index (χ0) is 18.5. The first-order valence-corrected chi connectivity index (χ1v) is 9.96. The maximum Gasteiger partial charge on any atom is 0.220 e. The van der Waals surface area contributed by atoms with Gasteiger partial charge in [0.05, 0.1) is 13.2 Å². The quantitative estimate of drug-likeness (QED) is 0.841.